The number of rotatable bonds is 5. The van der Waals surface area contributed by atoms with Crippen LogP contribution in [-0.2, 0) is 0 Å². The average Bonchev–Trinajstić information content (AvgIpc) is 3.72. The lowest BCUT2D eigenvalue weighted by molar-refractivity contribution is 0.108. The summed E-state index contributed by atoms with van der Waals surface area (Å²) in [4.78, 5) is 17.9. The van der Waals surface area contributed by atoms with E-state index in [4.69, 9.17) is 14.7 Å². The van der Waals surface area contributed by atoms with Gasteiger partial charge in [-0.25, -0.2) is 4.39 Å². The van der Waals surface area contributed by atoms with E-state index in [2.05, 4.69) is 20.1 Å². The number of benzene rings is 2. The lowest BCUT2D eigenvalue weighted by Crippen LogP contribution is -2.51. The SMILES string of the molecule is Cc1ccc2[nH]ccc2c1-c1ccc2c(N3CC4CCC(C3)N4)nc(OCC34CCCN3CCC4)nc2c1F. The van der Waals surface area contributed by atoms with Crippen molar-refractivity contribution in [2.45, 2.75) is 63.1 Å². The Kier molecular flexibility index (Phi) is 5.39. The van der Waals surface area contributed by atoms with Gasteiger partial charge in [0.15, 0.2) is 5.82 Å². The molecule has 4 fully saturated rings. The third kappa shape index (κ3) is 3.75. The van der Waals surface area contributed by atoms with Crippen LogP contribution < -0.4 is 15.0 Å². The zero-order valence-electron chi connectivity index (χ0n) is 22.5. The third-order valence-electron chi connectivity index (χ3n) is 9.78. The van der Waals surface area contributed by atoms with Crippen LogP contribution in [0.3, 0.4) is 0 Å². The van der Waals surface area contributed by atoms with E-state index in [1.54, 1.807) is 0 Å². The molecule has 4 aliphatic heterocycles. The molecule has 2 aromatic carbocycles. The maximum Gasteiger partial charge on any atom is 0.319 e. The lowest BCUT2D eigenvalue weighted by atomic mass is 9.95. The first-order valence-corrected chi connectivity index (χ1v) is 14.5. The Morgan fingerprint density at radius 1 is 1.00 bits per heavy atom. The quantitative estimate of drug-likeness (QED) is 0.374. The molecule has 2 aromatic heterocycles. The van der Waals surface area contributed by atoms with Crippen molar-refractivity contribution in [1.29, 1.82) is 0 Å². The predicted molar refractivity (Wildman–Crippen MR) is 152 cm³/mol. The number of anilines is 1. The van der Waals surface area contributed by atoms with Crippen LogP contribution >= 0.6 is 0 Å². The molecule has 2 N–H and O–H groups in total. The second-order valence-electron chi connectivity index (χ2n) is 12.1. The molecule has 4 saturated heterocycles. The Hall–Kier alpha value is -3.23. The molecule has 0 radical (unpaired) electrons. The molecule has 0 amide bonds. The Labute approximate surface area is 227 Å². The fourth-order valence-corrected chi connectivity index (χ4v) is 7.85. The van der Waals surface area contributed by atoms with Crippen LogP contribution in [0.1, 0.15) is 44.1 Å². The average molecular weight is 527 g/mol. The number of halogens is 1. The van der Waals surface area contributed by atoms with Gasteiger partial charge in [-0.05, 0) is 87.9 Å². The maximum atomic E-state index is 16.6. The van der Waals surface area contributed by atoms with Gasteiger partial charge < -0.3 is 19.9 Å². The topological polar surface area (TPSA) is 69.3 Å². The molecule has 8 rings (SSSR count). The number of H-pyrrole nitrogens is 1. The van der Waals surface area contributed by atoms with Crippen LogP contribution in [0.25, 0.3) is 32.9 Å². The van der Waals surface area contributed by atoms with Crippen molar-refractivity contribution >= 4 is 27.6 Å². The highest BCUT2D eigenvalue weighted by Crippen LogP contribution is 2.41. The highest BCUT2D eigenvalue weighted by atomic mass is 19.1. The van der Waals surface area contributed by atoms with Crippen molar-refractivity contribution in [3.05, 3.63) is 47.9 Å². The van der Waals surface area contributed by atoms with Crippen LogP contribution in [0.5, 0.6) is 6.01 Å². The smallest absolute Gasteiger partial charge is 0.319 e. The van der Waals surface area contributed by atoms with E-state index in [0.717, 1.165) is 72.3 Å². The summed E-state index contributed by atoms with van der Waals surface area (Å²) < 4.78 is 23.0. The Morgan fingerprint density at radius 2 is 1.79 bits per heavy atom. The highest BCUT2D eigenvalue weighted by Gasteiger charge is 2.45. The first-order valence-electron chi connectivity index (χ1n) is 14.5. The third-order valence-corrected chi connectivity index (χ3v) is 9.78. The van der Waals surface area contributed by atoms with Gasteiger partial charge in [0, 0.05) is 53.2 Å². The van der Waals surface area contributed by atoms with Crippen LogP contribution in [-0.4, -0.2) is 70.3 Å². The summed E-state index contributed by atoms with van der Waals surface area (Å²) in [6.07, 6.45) is 8.96. The maximum absolute atomic E-state index is 16.6. The number of hydrogen-bond donors (Lipinski definition) is 2. The highest BCUT2D eigenvalue weighted by molar-refractivity contribution is 6.00. The molecule has 8 heteroatoms. The molecule has 0 spiro atoms. The Morgan fingerprint density at radius 3 is 2.59 bits per heavy atom. The first-order chi connectivity index (χ1) is 19.1. The van der Waals surface area contributed by atoms with Gasteiger partial charge in [0.1, 0.15) is 17.9 Å². The normalized spacial score (nSPS) is 24.2. The zero-order chi connectivity index (χ0) is 26.1. The van der Waals surface area contributed by atoms with E-state index in [1.165, 1.54) is 25.7 Å². The molecule has 39 heavy (non-hydrogen) atoms. The summed E-state index contributed by atoms with van der Waals surface area (Å²) in [5.41, 5.74) is 3.92. The molecule has 0 saturated carbocycles. The molecular weight excluding hydrogens is 491 g/mol. The van der Waals surface area contributed by atoms with Crippen LogP contribution in [0.15, 0.2) is 36.5 Å². The van der Waals surface area contributed by atoms with Gasteiger partial charge in [0.2, 0.25) is 0 Å². The number of nitrogens with one attached hydrogen (secondary N) is 2. The summed E-state index contributed by atoms with van der Waals surface area (Å²) >= 11 is 0. The second kappa shape index (κ2) is 8.89. The first kappa shape index (κ1) is 23.6. The fraction of sp³-hybridized carbons (Fsp3) is 0.484. The Balaban J connectivity index is 1.25. The lowest BCUT2D eigenvalue weighted by Gasteiger charge is -2.34. The minimum absolute atomic E-state index is 0.0774. The number of fused-ring (bicyclic) bond motifs is 5. The standard InChI is InChI=1S/C31H35FN6O/c1-19-4-9-25-22(10-13-33-25)26(19)23-7-8-24-28(27(23)32)35-30(39-18-31-11-2-14-38(31)15-3-12-31)36-29(24)37-16-20-5-6-21(17-37)34-20/h4,7-10,13,20-21,33-34H,2-3,5-6,11-12,14-18H2,1H3. The number of hydrogen-bond acceptors (Lipinski definition) is 6. The number of aromatic amines is 1. The minimum atomic E-state index is -0.308. The second-order valence-corrected chi connectivity index (χ2v) is 12.1. The fourth-order valence-electron chi connectivity index (χ4n) is 7.85. The van der Waals surface area contributed by atoms with Crippen molar-refractivity contribution in [2.75, 3.05) is 37.7 Å². The molecule has 2 atom stereocenters. The molecule has 2 bridgehead atoms. The molecular formula is C31H35FN6O. The van der Waals surface area contributed by atoms with E-state index in [-0.39, 0.29) is 11.4 Å². The predicted octanol–water partition coefficient (Wildman–Crippen LogP) is 5.17. The number of aromatic nitrogens is 3. The molecule has 6 heterocycles. The molecule has 4 aliphatic rings. The number of ether oxygens (including phenoxy) is 1. The summed E-state index contributed by atoms with van der Waals surface area (Å²) in [6, 6.07) is 11.2. The van der Waals surface area contributed by atoms with Gasteiger partial charge in [-0.3, -0.25) is 4.90 Å². The van der Waals surface area contributed by atoms with E-state index in [9.17, 15) is 0 Å². The van der Waals surface area contributed by atoms with E-state index >= 15 is 4.39 Å². The van der Waals surface area contributed by atoms with Crippen LogP contribution in [0.4, 0.5) is 10.2 Å². The summed E-state index contributed by atoms with van der Waals surface area (Å²) in [7, 11) is 0. The molecule has 202 valence electrons. The van der Waals surface area contributed by atoms with Gasteiger partial charge in [-0.2, -0.15) is 9.97 Å². The van der Waals surface area contributed by atoms with E-state index in [0.29, 0.717) is 35.8 Å². The molecule has 7 nitrogen and oxygen atoms in total. The van der Waals surface area contributed by atoms with Gasteiger partial charge in [-0.1, -0.05) is 12.1 Å². The van der Waals surface area contributed by atoms with Gasteiger partial charge in [0.25, 0.3) is 0 Å². The monoisotopic (exact) mass is 526 g/mol. The largest absolute Gasteiger partial charge is 0.461 e. The van der Waals surface area contributed by atoms with Crippen molar-refractivity contribution in [3.8, 4) is 17.1 Å². The van der Waals surface area contributed by atoms with E-state index < -0.39 is 0 Å². The summed E-state index contributed by atoms with van der Waals surface area (Å²) in [5.74, 6) is 0.486. The van der Waals surface area contributed by atoms with Crippen LogP contribution in [0, 0.1) is 12.7 Å². The summed E-state index contributed by atoms with van der Waals surface area (Å²) in [6.45, 7) is 6.61. The van der Waals surface area contributed by atoms with Crippen molar-refractivity contribution in [1.82, 2.24) is 25.2 Å². The van der Waals surface area contributed by atoms with Gasteiger partial charge in [-0.15, -0.1) is 0 Å². The van der Waals surface area contributed by atoms with E-state index in [1.807, 2.05) is 43.5 Å². The minimum Gasteiger partial charge on any atom is -0.461 e. The van der Waals surface area contributed by atoms with Crippen molar-refractivity contribution in [3.63, 3.8) is 0 Å². The van der Waals surface area contributed by atoms with Gasteiger partial charge in [0.05, 0.1) is 5.54 Å². The Bertz CT molecular complexity index is 1560. The number of aryl methyl sites for hydroxylation is 1. The zero-order valence-corrected chi connectivity index (χ0v) is 22.5. The molecule has 2 unspecified atom stereocenters. The molecule has 4 aromatic rings. The van der Waals surface area contributed by atoms with Crippen molar-refractivity contribution in [2.24, 2.45) is 0 Å². The van der Waals surface area contributed by atoms with Gasteiger partial charge >= 0.3 is 6.01 Å². The van der Waals surface area contributed by atoms with Crippen molar-refractivity contribution < 1.29 is 9.13 Å². The van der Waals surface area contributed by atoms with Crippen LogP contribution in [0.2, 0.25) is 0 Å². The number of piperazine rings is 1. The number of nitrogens with zero attached hydrogens (tertiary/aromatic N) is 4. The molecule has 0 aliphatic carbocycles. The summed E-state index contributed by atoms with van der Waals surface area (Å²) in [5, 5.41) is 5.47.